The van der Waals surface area contributed by atoms with Gasteiger partial charge in [0.05, 0.1) is 29.3 Å². The highest BCUT2D eigenvalue weighted by molar-refractivity contribution is 7.89. The second kappa shape index (κ2) is 12.9. The number of thiazole rings is 1. The molecule has 0 saturated carbocycles. The number of piperidine rings is 1. The Morgan fingerprint density at radius 3 is 2.48 bits per heavy atom. The highest BCUT2D eigenvalue weighted by Gasteiger charge is 2.39. The van der Waals surface area contributed by atoms with Crippen molar-refractivity contribution in [3.05, 3.63) is 59.5 Å². The van der Waals surface area contributed by atoms with Gasteiger partial charge in [0.15, 0.2) is 5.13 Å². The lowest BCUT2D eigenvalue weighted by molar-refractivity contribution is -0.192. The van der Waals surface area contributed by atoms with Gasteiger partial charge in [-0.3, -0.25) is 4.79 Å². The highest BCUT2D eigenvalue weighted by Crippen LogP contribution is 2.29. The van der Waals surface area contributed by atoms with Crippen molar-refractivity contribution in [1.29, 1.82) is 5.26 Å². The zero-order valence-corrected chi connectivity index (χ0v) is 22.5. The van der Waals surface area contributed by atoms with E-state index in [2.05, 4.69) is 10.3 Å². The molecule has 212 valence electrons. The van der Waals surface area contributed by atoms with E-state index >= 15 is 0 Å². The zero-order chi connectivity index (χ0) is 29.5. The Morgan fingerprint density at radius 1 is 1.20 bits per heavy atom. The van der Waals surface area contributed by atoms with Crippen LogP contribution in [0.15, 0.2) is 58.8 Å². The van der Waals surface area contributed by atoms with Crippen LogP contribution >= 0.6 is 11.3 Å². The van der Waals surface area contributed by atoms with Crippen molar-refractivity contribution in [1.82, 2.24) is 9.29 Å². The fourth-order valence-corrected chi connectivity index (χ4v) is 6.16. The molecule has 1 aliphatic rings. The van der Waals surface area contributed by atoms with Gasteiger partial charge in [0.25, 0.3) is 0 Å². The summed E-state index contributed by atoms with van der Waals surface area (Å²) < 4.78 is 64.7. The minimum absolute atomic E-state index is 0.0114. The van der Waals surface area contributed by atoms with E-state index in [0.717, 1.165) is 17.7 Å². The monoisotopic (exact) mass is 596 g/mol. The molecule has 40 heavy (non-hydrogen) atoms. The van der Waals surface area contributed by atoms with Crippen molar-refractivity contribution in [2.45, 2.75) is 36.4 Å². The molecule has 2 N–H and O–H groups in total. The van der Waals surface area contributed by atoms with Gasteiger partial charge in [-0.15, -0.1) is 11.3 Å². The second-order valence-corrected chi connectivity index (χ2v) is 11.1. The molecule has 1 aliphatic heterocycles. The largest absolute Gasteiger partial charge is 0.497 e. The predicted octanol–water partition coefficient (Wildman–Crippen LogP) is 4.51. The number of aromatic nitrogens is 1. The Morgan fingerprint density at radius 2 is 1.88 bits per heavy atom. The number of alkyl halides is 3. The number of methoxy groups -OCH3 is 1. The fourth-order valence-electron chi connectivity index (χ4n) is 3.73. The number of halogens is 3. The third kappa shape index (κ3) is 7.56. The van der Waals surface area contributed by atoms with Crippen LogP contribution in [0.5, 0.6) is 5.75 Å². The molecule has 3 aromatic rings. The van der Waals surface area contributed by atoms with E-state index in [0.29, 0.717) is 23.7 Å². The summed E-state index contributed by atoms with van der Waals surface area (Å²) in [6.07, 6.45) is -3.25. The summed E-state index contributed by atoms with van der Waals surface area (Å²) in [5.41, 5.74) is 1.84. The van der Waals surface area contributed by atoms with Gasteiger partial charge in [-0.05, 0) is 55.3 Å². The summed E-state index contributed by atoms with van der Waals surface area (Å²) in [5, 5.41) is 21.3. The van der Waals surface area contributed by atoms with Crippen LogP contribution in [0.4, 0.5) is 18.3 Å². The Balaban J connectivity index is 0.000000559. The van der Waals surface area contributed by atoms with Crippen molar-refractivity contribution < 1.29 is 41.0 Å². The number of carboxylic acids is 1. The number of benzene rings is 2. The maximum Gasteiger partial charge on any atom is 0.490 e. The Hall–Kier alpha value is -4.00. The van der Waals surface area contributed by atoms with Gasteiger partial charge >= 0.3 is 12.1 Å². The lowest BCUT2D eigenvalue weighted by Crippen LogP contribution is -2.49. The Kier molecular flexibility index (Phi) is 9.85. The molecule has 10 nitrogen and oxygen atoms in total. The van der Waals surface area contributed by atoms with E-state index in [1.807, 2.05) is 35.7 Å². The Labute approximate surface area is 231 Å². The van der Waals surface area contributed by atoms with Crippen molar-refractivity contribution >= 4 is 38.4 Å². The van der Waals surface area contributed by atoms with Crippen LogP contribution in [-0.4, -0.2) is 60.6 Å². The fraction of sp³-hybridized carbons (Fsp3) is 0.280. The molecule has 2 aromatic carbocycles. The van der Waals surface area contributed by atoms with Crippen LogP contribution in [0.25, 0.3) is 11.3 Å². The van der Waals surface area contributed by atoms with Crippen molar-refractivity contribution in [3.63, 3.8) is 0 Å². The third-order valence-electron chi connectivity index (χ3n) is 5.69. The first-order valence-electron chi connectivity index (χ1n) is 11.6. The predicted molar refractivity (Wildman–Crippen MR) is 139 cm³/mol. The molecule has 1 amide bonds. The molecule has 0 radical (unpaired) electrons. The number of amides is 1. The molecular formula is C25H23F3N4O6S2. The maximum absolute atomic E-state index is 13.3. The molecule has 1 fully saturated rings. The highest BCUT2D eigenvalue weighted by atomic mass is 32.2. The zero-order valence-electron chi connectivity index (χ0n) is 20.9. The first-order chi connectivity index (χ1) is 18.9. The smallest absolute Gasteiger partial charge is 0.490 e. The van der Waals surface area contributed by atoms with Gasteiger partial charge in [-0.25, -0.2) is 18.2 Å². The van der Waals surface area contributed by atoms with Crippen molar-refractivity contribution in [3.8, 4) is 23.1 Å². The SMILES string of the molecule is COc1ccc(-c2csc(NC(=O)[C@H]3CCCCN3S(=O)(=O)c3cccc(C#N)c3)n2)cc1.O=C(O)C(F)(F)F. The third-order valence-corrected chi connectivity index (χ3v) is 8.35. The van der Waals surface area contributed by atoms with Gasteiger partial charge in [0.2, 0.25) is 15.9 Å². The van der Waals surface area contributed by atoms with Crippen LogP contribution in [0, 0.1) is 11.3 Å². The van der Waals surface area contributed by atoms with Gasteiger partial charge in [-0.1, -0.05) is 12.5 Å². The summed E-state index contributed by atoms with van der Waals surface area (Å²) in [5.74, 6) is -2.43. The molecule has 1 aromatic heterocycles. The number of carboxylic acid groups (broad SMARTS) is 1. The number of ether oxygens (including phenoxy) is 1. The number of carbonyl (C=O) groups is 2. The average molecular weight is 597 g/mol. The van der Waals surface area contributed by atoms with E-state index in [9.17, 15) is 26.4 Å². The first kappa shape index (κ1) is 30.5. The maximum atomic E-state index is 13.3. The minimum Gasteiger partial charge on any atom is -0.497 e. The number of nitrogens with zero attached hydrogens (tertiary/aromatic N) is 3. The van der Waals surface area contributed by atoms with Gasteiger partial charge in [0, 0.05) is 17.5 Å². The molecule has 1 atom stereocenters. The molecular weight excluding hydrogens is 573 g/mol. The summed E-state index contributed by atoms with van der Waals surface area (Å²) >= 11 is 1.28. The molecule has 15 heteroatoms. The minimum atomic E-state index is -5.08. The molecule has 2 heterocycles. The molecule has 4 rings (SSSR count). The number of nitrogens with one attached hydrogen (secondary N) is 1. The number of anilines is 1. The number of rotatable bonds is 6. The average Bonchev–Trinajstić information content (AvgIpc) is 3.41. The van der Waals surface area contributed by atoms with Crippen LogP contribution in [0.1, 0.15) is 24.8 Å². The molecule has 0 bridgehead atoms. The quantitative estimate of drug-likeness (QED) is 0.422. The number of hydrogen-bond donors (Lipinski definition) is 2. The van der Waals surface area contributed by atoms with Crippen LogP contribution < -0.4 is 10.1 Å². The lowest BCUT2D eigenvalue weighted by Gasteiger charge is -2.33. The van der Waals surface area contributed by atoms with Gasteiger partial charge < -0.3 is 15.2 Å². The van der Waals surface area contributed by atoms with Crippen molar-refractivity contribution in [2.24, 2.45) is 0 Å². The summed E-state index contributed by atoms with van der Waals surface area (Å²) in [6, 6.07) is 14.4. The number of carbonyl (C=O) groups excluding carboxylic acids is 1. The van der Waals surface area contributed by atoms with Gasteiger partial charge in [-0.2, -0.15) is 22.7 Å². The normalized spacial score (nSPS) is 15.7. The van der Waals surface area contributed by atoms with E-state index in [4.69, 9.17) is 19.9 Å². The second-order valence-electron chi connectivity index (χ2n) is 8.33. The molecule has 0 unspecified atom stereocenters. The summed E-state index contributed by atoms with van der Waals surface area (Å²) in [6.45, 7) is 0.242. The van der Waals surface area contributed by atoms with Gasteiger partial charge in [0.1, 0.15) is 11.8 Å². The van der Waals surface area contributed by atoms with Crippen molar-refractivity contribution in [2.75, 3.05) is 19.0 Å². The van der Waals surface area contributed by atoms with E-state index in [1.54, 1.807) is 13.2 Å². The number of sulfonamides is 1. The summed E-state index contributed by atoms with van der Waals surface area (Å²) in [4.78, 5) is 26.5. The molecule has 0 spiro atoms. The van der Waals surface area contributed by atoms with E-state index in [1.165, 1.54) is 33.8 Å². The summed E-state index contributed by atoms with van der Waals surface area (Å²) in [7, 11) is -2.34. The number of nitriles is 1. The van der Waals surface area contributed by atoms with Crippen LogP contribution in [0.3, 0.4) is 0 Å². The molecule has 0 aliphatic carbocycles. The molecule has 1 saturated heterocycles. The number of aliphatic carboxylic acids is 1. The van der Waals surface area contributed by atoms with Crippen LogP contribution in [0.2, 0.25) is 0 Å². The topological polar surface area (TPSA) is 150 Å². The lowest BCUT2D eigenvalue weighted by atomic mass is 10.0. The van der Waals surface area contributed by atoms with Crippen LogP contribution in [-0.2, 0) is 19.6 Å². The number of hydrogen-bond acceptors (Lipinski definition) is 8. The first-order valence-corrected chi connectivity index (χ1v) is 13.9. The standard InChI is InChI=1S/C23H22N4O4S2.C2HF3O2/c1-31-18-10-8-17(9-11-18)20-15-32-23(25-20)26-22(28)21-7-2-3-12-27(21)33(29,30)19-6-4-5-16(13-19)14-24;3-2(4,5)1(6)7/h4-6,8-11,13,15,21H,2-3,7,12H2,1H3,(H,25,26,28);(H,6,7)/t21-;/m1./s1. The Bertz CT molecular complexity index is 1500. The van der Waals surface area contributed by atoms with E-state index < -0.39 is 34.1 Å². The van der Waals surface area contributed by atoms with E-state index in [-0.39, 0.29) is 17.0 Å².